The normalized spacial score (nSPS) is 12.3. The Morgan fingerprint density at radius 1 is 0.933 bits per heavy atom. The molecule has 3 aromatic carbocycles. The minimum Gasteiger partial charge on any atom is -0.508 e. The molecule has 0 unspecified atom stereocenters. The van der Waals surface area contributed by atoms with Crippen LogP contribution in [0.1, 0.15) is 20.7 Å². The Hall–Kier alpha value is -4.13. The lowest BCUT2D eigenvalue weighted by Gasteiger charge is -2.18. The van der Waals surface area contributed by atoms with Crippen molar-refractivity contribution in [1.29, 1.82) is 0 Å². The number of ketones is 1. The third kappa shape index (κ3) is 4.15. The van der Waals surface area contributed by atoms with Gasteiger partial charge in [-0.25, -0.2) is 4.79 Å². The SMILES string of the molecule is O=C1COc2ccc(C(=O)COC(=O)c3ccc(-c4ccc(O)cc4)cc3)cc2N1. The van der Waals surface area contributed by atoms with E-state index in [4.69, 9.17) is 9.47 Å². The molecule has 0 fully saturated rings. The van der Waals surface area contributed by atoms with Crippen LogP contribution in [0.15, 0.2) is 66.7 Å². The van der Waals surface area contributed by atoms with E-state index >= 15 is 0 Å². The third-order valence-electron chi connectivity index (χ3n) is 4.59. The Morgan fingerprint density at radius 2 is 1.57 bits per heavy atom. The third-order valence-corrected chi connectivity index (χ3v) is 4.59. The molecule has 0 saturated carbocycles. The van der Waals surface area contributed by atoms with Crippen LogP contribution in [0.2, 0.25) is 0 Å². The highest BCUT2D eigenvalue weighted by Gasteiger charge is 2.19. The molecular weight excluding hydrogens is 386 g/mol. The predicted octanol–water partition coefficient (Wildman–Crippen LogP) is 3.43. The quantitative estimate of drug-likeness (QED) is 0.500. The van der Waals surface area contributed by atoms with E-state index in [0.717, 1.165) is 11.1 Å². The van der Waals surface area contributed by atoms with Gasteiger partial charge >= 0.3 is 5.97 Å². The van der Waals surface area contributed by atoms with Crippen molar-refractivity contribution in [2.24, 2.45) is 0 Å². The van der Waals surface area contributed by atoms with Gasteiger partial charge in [-0.1, -0.05) is 24.3 Å². The van der Waals surface area contributed by atoms with E-state index in [9.17, 15) is 19.5 Å². The van der Waals surface area contributed by atoms with Gasteiger partial charge in [0.15, 0.2) is 19.0 Å². The first-order valence-electron chi connectivity index (χ1n) is 9.16. The first-order chi connectivity index (χ1) is 14.5. The molecule has 7 heteroatoms. The van der Waals surface area contributed by atoms with Gasteiger partial charge in [0, 0.05) is 5.56 Å². The van der Waals surface area contributed by atoms with Crippen LogP contribution in [-0.4, -0.2) is 36.0 Å². The van der Waals surface area contributed by atoms with Crippen molar-refractivity contribution in [2.45, 2.75) is 0 Å². The lowest BCUT2D eigenvalue weighted by atomic mass is 10.0. The van der Waals surface area contributed by atoms with E-state index in [0.29, 0.717) is 22.6 Å². The average Bonchev–Trinajstić information content (AvgIpc) is 2.77. The molecule has 3 aromatic rings. The second-order valence-corrected chi connectivity index (χ2v) is 6.67. The van der Waals surface area contributed by atoms with Gasteiger partial charge < -0.3 is 19.9 Å². The fourth-order valence-electron chi connectivity index (χ4n) is 3.01. The Labute approximate surface area is 171 Å². The van der Waals surface area contributed by atoms with E-state index < -0.39 is 18.4 Å². The minimum absolute atomic E-state index is 0.0660. The van der Waals surface area contributed by atoms with Crippen LogP contribution in [0.4, 0.5) is 5.69 Å². The summed E-state index contributed by atoms with van der Waals surface area (Å²) in [5, 5.41) is 12.0. The number of esters is 1. The molecule has 0 atom stereocenters. The van der Waals surface area contributed by atoms with E-state index in [-0.39, 0.29) is 18.3 Å². The van der Waals surface area contributed by atoms with E-state index in [1.165, 1.54) is 6.07 Å². The van der Waals surface area contributed by atoms with Crippen molar-refractivity contribution in [2.75, 3.05) is 18.5 Å². The number of aromatic hydroxyl groups is 1. The predicted molar refractivity (Wildman–Crippen MR) is 109 cm³/mol. The summed E-state index contributed by atoms with van der Waals surface area (Å²) in [7, 11) is 0. The summed E-state index contributed by atoms with van der Waals surface area (Å²) in [6.45, 7) is -0.490. The van der Waals surface area contributed by atoms with Gasteiger partial charge in [-0.2, -0.15) is 0 Å². The summed E-state index contributed by atoms with van der Waals surface area (Å²) in [6.07, 6.45) is 0. The number of carbonyl (C=O) groups excluding carboxylic acids is 3. The minimum atomic E-state index is -0.616. The average molecular weight is 403 g/mol. The smallest absolute Gasteiger partial charge is 0.338 e. The molecule has 1 aliphatic heterocycles. The van der Waals surface area contributed by atoms with Crippen LogP contribution in [-0.2, 0) is 9.53 Å². The molecule has 0 radical (unpaired) electrons. The molecular formula is C23H17NO6. The summed E-state index contributed by atoms with van der Waals surface area (Å²) >= 11 is 0. The molecule has 2 N–H and O–H groups in total. The van der Waals surface area contributed by atoms with Crippen molar-refractivity contribution in [3.05, 3.63) is 77.9 Å². The summed E-state index contributed by atoms with van der Waals surface area (Å²) in [6, 6.07) is 18.1. The number of nitrogens with one attached hydrogen (secondary N) is 1. The van der Waals surface area contributed by atoms with Crippen molar-refractivity contribution in [3.8, 4) is 22.6 Å². The number of rotatable bonds is 5. The molecule has 0 aromatic heterocycles. The summed E-state index contributed by atoms with van der Waals surface area (Å²) in [5.41, 5.74) is 2.80. The second-order valence-electron chi connectivity index (χ2n) is 6.67. The molecule has 30 heavy (non-hydrogen) atoms. The van der Waals surface area contributed by atoms with E-state index in [1.807, 2.05) is 0 Å². The van der Waals surface area contributed by atoms with Gasteiger partial charge in [0.1, 0.15) is 11.5 Å². The van der Waals surface area contributed by atoms with Crippen LogP contribution in [0, 0.1) is 0 Å². The number of hydrogen-bond acceptors (Lipinski definition) is 6. The molecule has 1 aliphatic rings. The van der Waals surface area contributed by atoms with Crippen molar-refractivity contribution < 1.29 is 29.0 Å². The first-order valence-corrected chi connectivity index (χ1v) is 9.16. The molecule has 150 valence electrons. The largest absolute Gasteiger partial charge is 0.508 e. The van der Waals surface area contributed by atoms with Crippen LogP contribution in [0.5, 0.6) is 11.5 Å². The second kappa shape index (κ2) is 8.08. The van der Waals surface area contributed by atoms with Gasteiger partial charge in [-0.05, 0) is 53.6 Å². The molecule has 0 spiro atoms. The fraction of sp³-hybridized carbons (Fsp3) is 0.0870. The van der Waals surface area contributed by atoms with Crippen LogP contribution in [0.3, 0.4) is 0 Å². The molecule has 0 saturated heterocycles. The number of carbonyl (C=O) groups is 3. The molecule has 0 aliphatic carbocycles. The van der Waals surface area contributed by atoms with Crippen molar-refractivity contribution in [1.82, 2.24) is 0 Å². The zero-order chi connectivity index (χ0) is 21.1. The zero-order valence-electron chi connectivity index (χ0n) is 15.8. The van der Waals surface area contributed by atoms with Gasteiger partial charge in [-0.15, -0.1) is 0 Å². The Morgan fingerprint density at radius 3 is 2.27 bits per heavy atom. The highest BCUT2D eigenvalue weighted by Crippen LogP contribution is 2.28. The van der Waals surface area contributed by atoms with Crippen LogP contribution in [0.25, 0.3) is 11.1 Å². The van der Waals surface area contributed by atoms with Crippen LogP contribution < -0.4 is 10.1 Å². The standard InChI is InChI=1S/C23H17NO6/c25-18-8-5-15(6-9-18)14-1-3-16(4-2-14)23(28)30-12-20(26)17-7-10-21-19(11-17)24-22(27)13-29-21/h1-11,25H,12-13H2,(H,24,27). The first kappa shape index (κ1) is 19.2. The lowest BCUT2D eigenvalue weighted by molar-refractivity contribution is -0.118. The summed E-state index contributed by atoms with van der Waals surface area (Å²) < 4.78 is 10.4. The lowest BCUT2D eigenvalue weighted by Crippen LogP contribution is -2.25. The Kier molecular flexibility index (Phi) is 5.17. The zero-order valence-corrected chi connectivity index (χ0v) is 15.8. The number of phenolic OH excluding ortho intramolecular Hbond substituents is 1. The maximum Gasteiger partial charge on any atom is 0.338 e. The van der Waals surface area contributed by atoms with Crippen LogP contribution >= 0.6 is 0 Å². The maximum absolute atomic E-state index is 12.4. The highest BCUT2D eigenvalue weighted by atomic mass is 16.5. The Balaban J connectivity index is 1.38. The molecule has 1 amide bonds. The van der Waals surface area contributed by atoms with Crippen molar-refractivity contribution >= 4 is 23.3 Å². The van der Waals surface area contributed by atoms with Crippen molar-refractivity contribution in [3.63, 3.8) is 0 Å². The molecule has 1 heterocycles. The van der Waals surface area contributed by atoms with E-state index in [1.54, 1.807) is 60.7 Å². The van der Waals surface area contributed by atoms with Gasteiger partial charge in [0.05, 0.1) is 11.3 Å². The Bertz CT molecular complexity index is 1120. The maximum atomic E-state index is 12.4. The number of amides is 1. The summed E-state index contributed by atoms with van der Waals surface area (Å²) in [4.78, 5) is 36.0. The topological polar surface area (TPSA) is 102 Å². The fourth-order valence-corrected chi connectivity index (χ4v) is 3.01. The number of fused-ring (bicyclic) bond motifs is 1. The number of Topliss-reactive ketones (excluding diaryl/α,β-unsaturated/α-hetero) is 1. The van der Waals surface area contributed by atoms with E-state index in [2.05, 4.69) is 5.32 Å². The van der Waals surface area contributed by atoms with Gasteiger partial charge in [0.2, 0.25) is 0 Å². The number of phenols is 1. The van der Waals surface area contributed by atoms with Gasteiger partial charge in [-0.3, -0.25) is 9.59 Å². The highest BCUT2D eigenvalue weighted by molar-refractivity contribution is 6.02. The summed E-state index contributed by atoms with van der Waals surface area (Å²) in [5.74, 6) is -0.648. The number of ether oxygens (including phenoxy) is 2. The molecule has 4 rings (SSSR count). The molecule has 7 nitrogen and oxygen atoms in total. The van der Waals surface area contributed by atoms with Gasteiger partial charge in [0.25, 0.3) is 5.91 Å². The molecule has 0 bridgehead atoms. The number of hydrogen-bond donors (Lipinski definition) is 2. The number of benzene rings is 3. The monoisotopic (exact) mass is 403 g/mol. The number of anilines is 1.